The maximum absolute atomic E-state index is 6.10. The van der Waals surface area contributed by atoms with Crippen LogP contribution in [0.3, 0.4) is 0 Å². The summed E-state index contributed by atoms with van der Waals surface area (Å²) in [6, 6.07) is 8.03. The van der Waals surface area contributed by atoms with Crippen LogP contribution in [0.25, 0.3) is 22.0 Å². The molecule has 0 bridgehead atoms. The summed E-state index contributed by atoms with van der Waals surface area (Å²) in [6.45, 7) is 4.01. The highest BCUT2D eigenvalue weighted by Gasteiger charge is 2.09. The Balaban J connectivity index is 1.95. The van der Waals surface area contributed by atoms with Crippen LogP contribution in [0.1, 0.15) is 0 Å². The van der Waals surface area contributed by atoms with Crippen molar-refractivity contribution in [3.63, 3.8) is 0 Å². The van der Waals surface area contributed by atoms with Crippen molar-refractivity contribution in [3.05, 3.63) is 65.3 Å². The van der Waals surface area contributed by atoms with Crippen molar-refractivity contribution in [1.29, 1.82) is 0 Å². The molecular weight excluding hydrogens is 392 g/mol. The lowest BCUT2D eigenvalue weighted by atomic mass is 10.1. The van der Waals surface area contributed by atoms with Gasteiger partial charge in [0.05, 0.1) is 27.8 Å². The van der Waals surface area contributed by atoms with Gasteiger partial charge >= 0.3 is 0 Å². The number of nitrogens with zero attached hydrogens (tertiary/aromatic N) is 4. The van der Waals surface area contributed by atoms with E-state index in [1.54, 1.807) is 24.1 Å². The third kappa shape index (κ3) is 3.67. The predicted molar refractivity (Wildman–Crippen MR) is 111 cm³/mol. The molecule has 2 heterocycles. The first-order valence-electron chi connectivity index (χ1n) is 7.91. The lowest BCUT2D eigenvalue weighted by molar-refractivity contribution is 0.768. The number of hydrogen-bond acceptors (Lipinski definition) is 5. The number of nitrogens with two attached hydrogens (primary N) is 1. The van der Waals surface area contributed by atoms with Crippen LogP contribution in [0.4, 0.5) is 5.69 Å². The van der Waals surface area contributed by atoms with Gasteiger partial charge in [0, 0.05) is 49.3 Å². The average molecular weight is 411 g/mol. The van der Waals surface area contributed by atoms with E-state index in [4.69, 9.17) is 5.73 Å². The highest BCUT2D eigenvalue weighted by molar-refractivity contribution is 9.12. The molecule has 0 atom stereocenters. The summed E-state index contributed by atoms with van der Waals surface area (Å²) < 4.78 is 2.44. The molecular formula is C19H19BrN6. The minimum atomic E-state index is 0.493. The summed E-state index contributed by atoms with van der Waals surface area (Å²) in [7, 11) is 3.57. The summed E-state index contributed by atoms with van der Waals surface area (Å²) in [5, 5.41) is 9.51. The van der Waals surface area contributed by atoms with Crippen molar-refractivity contribution in [1.82, 2.24) is 14.8 Å². The molecule has 0 aliphatic heterocycles. The lowest BCUT2D eigenvalue weighted by Crippen LogP contribution is -2.10. The smallest absolute Gasteiger partial charge is 0.0739 e. The first-order chi connectivity index (χ1) is 12.5. The van der Waals surface area contributed by atoms with Crippen molar-refractivity contribution in [2.24, 2.45) is 17.8 Å². The molecule has 3 rings (SSSR count). The van der Waals surface area contributed by atoms with E-state index in [1.807, 2.05) is 43.7 Å². The van der Waals surface area contributed by atoms with Gasteiger partial charge in [-0.2, -0.15) is 5.10 Å². The van der Waals surface area contributed by atoms with Gasteiger partial charge in [-0.3, -0.25) is 14.7 Å². The van der Waals surface area contributed by atoms with Gasteiger partial charge in [0.2, 0.25) is 0 Å². The Hall–Kier alpha value is -2.93. The average Bonchev–Trinajstić information content (AvgIpc) is 3.07. The molecule has 26 heavy (non-hydrogen) atoms. The van der Waals surface area contributed by atoms with E-state index in [9.17, 15) is 0 Å². The van der Waals surface area contributed by atoms with Crippen LogP contribution in [0, 0.1) is 0 Å². The Labute approximate surface area is 160 Å². The van der Waals surface area contributed by atoms with Gasteiger partial charge in [-0.1, -0.05) is 18.7 Å². The monoisotopic (exact) mass is 410 g/mol. The number of halogens is 1. The topological polar surface area (TPSA) is 81.1 Å². The number of allylic oxidation sites excluding steroid dienone is 1. The third-order valence-electron chi connectivity index (χ3n) is 3.88. The molecule has 6 nitrogen and oxygen atoms in total. The van der Waals surface area contributed by atoms with E-state index in [1.165, 1.54) is 0 Å². The highest BCUT2D eigenvalue weighted by Crippen LogP contribution is 2.28. The normalized spacial score (nSPS) is 12.4. The van der Waals surface area contributed by atoms with Crippen molar-refractivity contribution in [2.75, 3.05) is 12.4 Å². The molecule has 0 aliphatic carbocycles. The number of benzene rings is 1. The Kier molecular flexibility index (Phi) is 5.18. The molecule has 0 radical (unpaired) electrons. The molecule has 0 saturated carbocycles. The molecule has 132 valence electrons. The summed E-state index contributed by atoms with van der Waals surface area (Å²) in [4.78, 5) is 8.51. The van der Waals surface area contributed by atoms with E-state index in [0.29, 0.717) is 15.9 Å². The number of pyridine rings is 1. The van der Waals surface area contributed by atoms with Crippen molar-refractivity contribution in [3.8, 4) is 11.3 Å². The molecule has 2 aromatic heterocycles. The minimum Gasteiger partial charge on any atom is -0.396 e. The Morgan fingerprint density at radius 3 is 2.88 bits per heavy atom. The summed E-state index contributed by atoms with van der Waals surface area (Å²) >= 11 is 3.39. The zero-order chi connectivity index (χ0) is 18.7. The van der Waals surface area contributed by atoms with Crippen LogP contribution >= 0.6 is 15.9 Å². The summed E-state index contributed by atoms with van der Waals surface area (Å²) in [5.41, 5.74) is 9.91. The number of aliphatic imine (C=N–C) groups is 1. The number of hydrogen-bond donors (Lipinski definition) is 2. The third-order valence-corrected chi connectivity index (χ3v) is 4.51. The second-order valence-electron chi connectivity index (χ2n) is 5.75. The molecule has 0 unspecified atom stereocenters. The quantitative estimate of drug-likeness (QED) is 0.494. The van der Waals surface area contributed by atoms with E-state index in [-0.39, 0.29) is 0 Å². The number of rotatable bonds is 5. The molecule has 0 aliphatic rings. The van der Waals surface area contributed by atoms with Gasteiger partial charge in [0.15, 0.2) is 0 Å². The van der Waals surface area contributed by atoms with E-state index in [2.05, 4.69) is 42.9 Å². The number of aromatic nitrogens is 3. The predicted octanol–water partition coefficient (Wildman–Crippen LogP) is 3.83. The largest absolute Gasteiger partial charge is 0.396 e. The summed E-state index contributed by atoms with van der Waals surface area (Å²) in [5.74, 6) is 0. The van der Waals surface area contributed by atoms with Gasteiger partial charge in [-0.15, -0.1) is 0 Å². The second kappa shape index (κ2) is 7.53. The van der Waals surface area contributed by atoms with Gasteiger partial charge < -0.3 is 11.1 Å². The number of nitrogens with one attached hydrogen (secondary N) is 1. The number of aryl methyl sites for hydroxylation is 1. The fourth-order valence-corrected chi connectivity index (χ4v) is 2.99. The van der Waals surface area contributed by atoms with Crippen LogP contribution in [0.2, 0.25) is 0 Å². The molecule has 3 aromatic rings. The molecule has 0 saturated heterocycles. The van der Waals surface area contributed by atoms with Gasteiger partial charge in [0.25, 0.3) is 0 Å². The first-order valence-corrected chi connectivity index (χ1v) is 8.70. The van der Waals surface area contributed by atoms with Crippen LogP contribution in [-0.4, -0.2) is 28.0 Å². The van der Waals surface area contributed by atoms with Crippen LogP contribution in [-0.2, 0) is 7.05 Å². The van der Waals surface area contributed by atoms with E-state index < -0.39 is 0 Å². The first kappa shape index (κ1) is 17.9. The fraction of sp³-hybridized carbons (Fsp3) is 0.105. The van der Waals surface area contributed by atoms with E-state index >= 15 is 0 Å². The standard InChI is InChI=1S/C19H19BrN6/c1-12(19(21)16(20)10-22-2)25-17-6-4-5-13-7-18(23-9-15(13)17)14-8-24-26(3)11-14/h4-11,25H,1,21H2,2-3H3. The Bertz CT molecular complexity index is 1030. The Morgan fingerprint density at radius 1 is 1.38 bits per heavy atom. The van der Waals surface area contributed by atoms with Gasteiger partial charge in [-0.25, -0.2) is 0 Å². The summed E-state index contributed by atoms with van der Waals surface area (Å²) in [6.07, 6.45) is 7.22. The molecule has 1 aromatic carbocycles. The van der Waals surface area contributed by atoms with E-state index in [0.717, 1.165) is 27.7 Å². The Morgan fingerprint density at radius 2 is 2.19 bits per heavy atom. The zero-order valence-electron chi connectivity index (χ0n) is 14.6. The van der Waals surface area contributed by atoms with Gasteiger partial charge in [-0.05, 0) is 33.4 Å². The highest BCUT2D eigenvalue weighted by atomic mass is 79.9. The van der Waals surface area contributed by atoms with Crippen LogP contribution < -0.4 is 11.1 Å². The maximum atomic E-state index is 6.10. The lowest BCUT2D eigenvalue weighted by Gasteiger charge is -2.13. The van der Waals surface area contributed by atoms with Crippen molar-refractivity contribution >= 4 is 38.6 Å². The molecule has 7 heteroatoms. The SMILES string of the molecule is C=C(Nc1cccc2cc(-c3cnn(C)c3)ncc12)C(N)=C(Br)C=NC. The van der Waals surface area contributed by atoms with Crippen LogP contribution in [0.15, 0.2) is 70.3 Å². The fourth-order valence-electron chi connectivity index (χ4n) is 2.55. The second-order valence-corrected chi connectivity index (χ2v) is 6.61. The van der Waals surface area contributed by atoms with Gasteiger partial charge in [0.1, 0.15) is 0 Å². The molecule has 3 N–H and O–H groups in total. The van der Waals surface area contributed by atoms with Crippen LogP contribution in [0.5, 0.6) is 0 Å². The zero-order valence-corrected chi connectivity index (χ0v) is 16.2. The maximum Gasteiger partial charge on any atom is 0.0739 e. The molecule has 0 fully saturated rings. The van der Waals surface area contributed by atoms with Crippen molar-refractivity contribution in [2.45, 2.75) is 0 Å². The number of fused-ring (bicyclic) bond motifs is 1. The molecule has 0 amide bonds. The minimum absolute atomic E-state index is 0.493. The van der Waals surface area contributed by atoms with Crippen molar-refractivity contribution < 1.29 is 0 Å². The number of anilines is 1. The molecule has 0 spiro atoms.